The van der Waals surface area contributed by atoms with Crippen molar-refractivity contribution in [3.8, 4) is 0 Å². The van der Waals surface area contributed by atoms with Crippen LogP contribution in [-0.2, 0) is 17.0 Å². The number of aryl methyl sites for hydroxylation is 1. The maximum absolute atomic E-state index is 6.05. The molecule has 3 rings (SSSR count). The minimum atomic E-state index is 0.520. The first-order valence-electron chi connectivity index (χ1n) is 7.76. The molecule has 0 saturated heterocycles. The summed E-state index contributed by atoms with van der Waals surface area (Å²) in [5.74, 6) is 1.86. The Morgan fingerprint density at radius 3 is 2.75 bits per heavy atom. The molecular weight excluding hydrogens is 322 g/mol. The zero-order valence-corrected chi connectivity index (χ0v) is 14.9. The number of methoxy groups -OCH3 is 1. The summed E-state index contributed by atoms with van der Waals surface area (Å²) >= 11 is 1.62. The van der Waals surface area contributed by atoms with Gasteiger partial charge < -0.3 is 15.0 Å². The van der Waals surface area contributed by atoms with Crippen molar-refractivity contribution in [2.24, 2.45) is 0 Å². The van der Waals surface area contributed by atoms with Crippen LogP contribution in [0.15, 0.2) is 29.4 Å². The summed E-state index contributed by atoms with van der Waals surface area (Å²) in [5.41, 5.74) is 9.12. The van der Waals surface area contributed by atoms with E-state index < -0.39 is 0 Å². The summed E-state index contributed by atoms with van der Waals surface area (Å²) in [6.07, 6.45) is 0. The summed E-state index contributed by atoms with van der Waals surface area (Å²) in [6, 6.07) is 7.78. The van der Waals surface area contributed by atoms with Gasteiger partial charge in [0.15, 0.2) is 5.16 Å². The third-order valence-corrected chi connectivity index (χ3v) is 4.92. The quantitative estimate of drug-likeness (QED) is 0.693. The monoisotopic (exact) mass is 343 g/mol. The van der Waals surface area contributed by atoms with Gasteiger partial charge >= 0.3 is 0 Å². The number of anilines is 1. The van der Waals surface area contributed by atoms with Crippen molar-refractivity contribution in [1.29, 1.82) is 0 Å². The maximum Gasteiger partial charge on any atom is 0.168 e. The van der Waals surface area contributed by atoms with Gasteiger partial charge in [0.25, 0.3) is 0 Å². The van der Waals surface area contributed by atoms with Crippen molar-refractivity contribution < 1.29 is 4.74 Å². The first kappa shape index (κ1) is 16.7. The third kappa shape index (κ3) is 3.37. The molecule has 6 nitrogen and oxygen atoms in total. The van der Waals surface area contributed by atoms with Crippen LogP contribution in [0.25, 0.3) is 10.9 Å². The Balaban J connectivity index is 1.82. The van der Waals surface area contributed by atoms with Crippen molar-refractivity contribution in [2.75, 3.05) is 19.5 Å². The second-order valence-electron chi connectivity index (χ2n) is 5.54. The SMILES string of the molecule is COCCn1c(SCc2nc(N)c3ccccc3n2)nc(C)c1C. The molecule has 2 N–H and O–H groups in total. The van der Waals surface area contributed by atoms with E-state index in [2.05, 4.69) is 26.4 Å². The van der Waals surface area contributed by atoms with Gasteiger partial charge in [0.1, 0.15) is 11.6 Å². The molecule has 0 fully saturated rings. The molecule has 0 saturated carbocycles. The summed E-state index contributed by atoms with van der Waals surface area (Å²) < 4.78 is 7.37. The van der Waals surface area contributed by atoms with E-state index in [1.807, 2.05) is 31.2 Å². The predicted octanol–water partition coefficient (Wildman–Crippen LogP) is 2.96. The fourth-order valence-electron chi connectivity index (χ4n) is 2.52. The highest BCUT2D eigenvalue weighted by Gasteiger charge is 2.13. The highest BCUT2D eigenvalue weighted by molar-refractivity contribution is 7.98. The number of nitrogens with two attached hydrogens (primary N) is 1. The van der Waals surface area contributed by atoms with Crippen LogP contribution < -0.4 is 5.73 Å². The van der Waals surface area contributed by atoms with E-state index in [1.165, 1.54) is 0 Å². The Kier molecular flexibility index (Phi) is 5.01. The Labute approximate surface area is 145 Å². The van der Waals surface area contributed by atoms with Crippen LogP contribution in [0.3, 0.4) is 0 Å². The summed E-state index contributed by atoms with van der Waals surface area (Å²) in [6.45, 7) is 5.54. The number of aromatic nitrogens is 4. The van der Waals surface area contributed by atoms with Gasteiger partial charge in [-0.25, -0.2) is 15.0 Å². The molecule has 0 aliphatic rings. The molecule has 2 aromatic heterocycles. The van der Waals surface area contributed by atoms with E-state index >= 15 is 0 Å². The number of hydrogen-bond acceptors (Lipinski definition) is 6. The fourth-order valence-corrected chi connectivity index (χ4v) is 3.50. The molecule has 0 aliphatic carbocycles. The van der Waals surface area contributed by atoms with Gasteiger partial charge in [0.2, 0.25) is 0 Å². The third-order valence-electron chi connectivity index (χ3n) is 3.95. The molecule has 0 radical (unpaired) electrons. The number of nitrogens with zero attached hydrogens (tertiary/aromatic N) is 4. The Hall–Kier alpha value is -2.12. The van der Waals surface area contributed by atoms with Gasteiger partial charge in [-0.05, 0) is 26.0 Å². The van der Waals surface area contributed by atoms with Crippen LogP contribution in [0.1, 0.15) is 17.2 Å². The highest BCUT2D eigenvalue weighted by Crippen LogP contribution is 2.25. The largest absolute Gasteiger partial charge is 0.383 e. The van der Waals surface area contributed by atoms with Crippen molar-refractivity contribution in [3.05, 3.63) is 41.5 Å². The number of ether oxygens (including phenoxy) is 1. The molecule has 1 aromatic carbocycles. The lowest BCUT2D eigenvalue weighted by atomic mass is 10.2. The van der Waals surface area contributed by atoms with Gasteiger partial charge in [-0.3, -0.25) is 0 Å². The number of benzene rings is 1. The number of thioether (sulfide) groups is 1. The minimum absolute atomic E-state index is 0.520. The Bertz CT molecular complexity index is 862. The van der Waals surface area contributed by atoms with Crippen LogP contribution >= 0.6 is 11.8 Å². The number of imidazole rings is 1. The number of para-hydroxylation sites is 1. The second kappa shape index (κ2) is 7.19. The normalized spacial score (nSPS) is 11.3. The van der Waals surface area contributed by atoms with E-state index in [9.17, 15) is 0 Å². The van der Waals surface area contributed by atoms with Crippen molar-refractivity contribution in [3.63, 3.8) is 0 Å². The Morgan fingerprint density at radius 2 is 1.96 bits per heavy atom. The molecule has 0 amide bonds. The molecule has 126 valence electrons. The lowest BCUT2D eigenvalue weighted by molar-refractivity contribution is 0.184. The van der Waals surface area contributed by atoms with E-state index in [4.69, 9.17) is 10.5 Å². The van der Waals surface area contributed by atoms with Crippen LogP contribution in [0.5, 0.6) is 0 Å². The van der Waals surface area contributed by atoms with E-state index in [-0.39, 0.29) is 0 Å². The van der Waals surface area contributed by atoms with Gasteiger partial charge in [-0.2, -0.15) is 0 Å². The van der Waals surface area contributed by atoms with Gasteiger partial charge in [-0.1, -0.05) is 23.9 Å². The molecule has 7 heteroatoms. The molecule has 0 unspecified atom stereocenters. The minimum Gasteiger partial charge on any atom is -0.383 e. The second-order valence-corrected chi connectivity index (χ2v) is 6.48. The standard InChI is InChI=1S/C17H21N5OS/c1-11-12(2)22(8-9-23-3)17(19-11)24-10-15-20-14-7-5-4-6-13(14)16(18)21-15/h4-7H,8-10H2,1-3H3,(H2,18,20,21). The molecule has 0 bridgehead atoms. The molecule has 0 atom stereocenters. The maximum atomic E-state index is 6.05. The predicted molar refractivity (Wildman–Crippen MR) is 97.1 cm³/mol. The first-order chi connectivity index (χ1) is 11.6. The average molecular weight is 343 g/mol. The van der Waals surface area contributed by atoms with Crippen molar-refractivity contribution >= 4 is 28.5 Å². The summed E-state index contributed by atoms with van der Waals surface area (Å²) in [4.78, 5) is 13.7. The zero-order chi connectivity index (χ0) is 17.1. The smallest absolute Gasteiger partial charge is 0.168 e. The number of rotatable bonds is 6. The topological polar surface area (TPSA) is 78.9 Å². The molecule has 0 spiro atoms. The highest BCUT2D eigenvalue weighted by atomic mass is 32.2. The molecule has 3 aromatic rings. The van der Waals surface area contributed by atoms with Crippen molar-refractivity contribution in [1.82, 2.24) is 19.5 Å². The zero-order valence-electron chi connectivity index (χ0n) is 14.1. The van der Waals surface area contributed by atoms with E-state index in [1.54, 1.807) is 18.9 Å². The molecule has 2 heterocycles. The van der Waals surface area contributed by atoms with Gasteiger partial charge in [0.05, 0.1) is 23.6 Å². The van der Waals surface area contributed by atoms with E-state index in [0.29, 0.717) is 24.0 Å². The van der Waals surface area contributed by atoms with Crippen LogP contribution in [0.2, 0.25) is 0 Å². The van der Waals surface area contributed by atoms with Crippen LogP contribution in [0, 0.1) is 13.8 Å². The van der Waals surface area contributed by atoms with Gasteiger partial charge in [0, 0.05) is 24.7 Å². The Morgan fingerprint density at radius 1 is 1.17 bits per heavy atom. The average Bonchev–Trinajstić information content (AvgIpc) is 2.85. The molecule has 24 heavy (non-hydrogen) atoms. The lowest BCUT2D eigenvalue weighted by Gasteiger charge is -2.09. The van der Waals surface area contributed by atoms with Crippen LogP contribution in [0.4, 0.5) is 5.82 Å². The lowest BCUT2D eigenvalue weighted by Crippen LogP contribution is -2.07. The number of fused-ring (bicyclic) bond motifs is 1. The van der Waals surface area contributed by atoms with Crippen LogP contribution in [-0.4, -0.2) is 33.2 Å². The first-order valence-corrected chi connectivity index (χ1v) is 8.75. The van der Waals surface area contributed by atoms with Crippen molar-refractivity contribution in [2.45, 2.75) is 31.3 Å². The number of hydrogen-bond donors (Lipinski definition) is 1. The summed E-state index contributed by atoms with van der Waals surface area (Å²) in [7, 11) is 1.71. The van der Waals surface area contributed by atoms with Gasteiger partial charge in [-0.15, -0.1) is 0 Å². The molecular formula is C17H21N5OS. The number of nitrogen functional groups attached to an aromatic ring is 1. The fraction of sp³-hybridized carbons (Fsp3) is 0.353. The molecule has 0 aliphatic heterocycles. The summed E-state index contributed by atoms with van der Waals surface area (Å²) in [5, 5.41) is 1.84. The van der Waals surface area contributed by atoms with E-state index in [0.717, 1.165) is 34.0 Å².